The first-order chi connectivity index (χ1) is 13.7. The molecule has 0 radical (unpaired) electrons. The number of benzene rings is 2. The van der Waals surface area contributed by atoms with E-state index < -0.39 is 0 Å². The second kappa shape index (κ2) is 7.68. The Bertz CT molecular complexity index is 988. The average molecular weight is 374 g/mol. The summed E-state index contributed by atoms with van der Waals surface area (Å²) in [5.74, 6) is 1.07. The van der Waals surface area contributed by atoms with Crippen LogP contribution in [-0.2, 0) is 6.42 Å². The van der Waals surface area contributed by atoms with E-state index in [-0.39, 0.29) is 11.9 Å². The van der Waals surface area contributed by atoms with Crippen LogP contribution in [0.2, 0.25) is 0 Å². The lowest BCUT2D eigenvalue weighted by Crippen LogP contribution is -2.36. The van der Waals surface area contributed by atoms with Crippen molar-refractivity contribution in [1.29, 1.82) is 0 Å². The lowest BCUT2D eigenvalue weighted by Gasteiger charge is -2.22. The van der Waals surface area contributed by atoms with Crippen LogP contribution < -0.4 is 15.0 Å². The van der Waals surface area contributed by atoms with E-state index in [1.54, 1.807) is 12.3 Å². The van der Waals surface area contributed by atoms with Gasteiger partial charge >= 0.3 is 0 Å². The van der Waals surface area contributed by atoms with Crippen molar-refractivity contribution in [3.8, 4) is 5.75 Å². The van der Waals surface area contributed by atoms with E-state index in [0.717, 1.165) is 23.5 Å². The maximum absolute atomic E-state index is 13.1. The molecule has 1 unspecified atom stereocenters. The zero-order chi connectivity index (χ0) is 19.5. The van der Waals surface area contributed by atoms with Gasteiger partial charge in [0.05, 0.1) is 6.61 Å². The van der Waals surface area contributed by atoms with Crippen molar-refractivity contribution in [2.75, 3.05) is 16.8 Å². The van der Waals surface area contributed by atoms with Crippen LogP contribution >= 0.6 is 0 Å². The van der Waals surface area contributed by atoms with E-state index in [4.69, 9.17) is 4.74 Å². The fraction of sp³-hybridized carbons (Fsp3) is 0.227. The first kappa shape index (κ1) is 18.0. The molecule has 2 heterocycles. The summed E-state index contributed by atoms with van der Waals surface area (Å²) in [5.41, 5.74) is 3.34. The molecular weight excluding hydrogens is 352 g/mol. The predicted molar refractivity (Wildman–Crippen MR) is 109 cm³/mol. The number of carbonyl (C=O) groups excluding carboxylic acids is 1. The minimum Gasteiger partial charge on any atom is -0.494 e. The van der Waals surface area contributed by atoms with Crippen molar-refractivity contribution >= 4 is 23.2 Å². The molecule has 1 aromatic heterocycles. The van der Waals surface area contributed by atoms with E-state index in [1.807, 2.05) is 54.3 Å². The van der Waals surface area contributed by atoms with Gasteiger partial charge in [0.1, 0.15) is 11.4 Å². The van der Waals surface area contributed by atoms with Gasteiger partial charge < -0.3 is 15.0 Å². The summed E-state index contributed by atoms with van der Waals surface area (Å²) in [6, 6.07) is 17.3. The third-order valence-corrected chi connectivity index (χ3v) is 4.72. The number of para-hydroxylation sites is 1. The number of nitrogens with one attached hydrogen (secondary N) is 1. The van der Waals surface area contributed by atoms with Crippen molar-refractivity contribution in [2.45, 2.75) is 26.3 Å². The highest BCUT2D eigenvalue weighted by molar-refractivity contribution is 6.06. The summed E-state index contributed by atoms with van der Waals surface area (Å²) >= 11 is 0. The Morgan fingerprint density at radius 1 is 1.18 bits per heavy atom. The lowest BCUT2D eigenvalue weighted by molar-refractivity contribution is 0.0976. The molecule has 1 aliphatic heterocycles. The fourth-order valence-corrected chi connectivity index (χ4v) is 3.47. The molecule has 1 N–H and O–H groups in total. The molecule has 1 amide bonds. The first-order valence-electron chi connectivity index (χ1n) is 9.40. The molecule has 2 aromatic carbocycles. The number of nitrogens with zero attached hydrogens (tertiary/aromatic N) is 3. The number of carbonyl (C=O) groups is 1. The molecule has 1 aliphatic rings. The Morgan fingerprint density at radius 3 is 2.75 bits per heavy atom. The van der Waals surface area contributed by atoms with Crippen molar-refractivity contribution in [3.05, 3.63) is 72.1 Å². The van der Waals surface area contributed by atoms with Gasteiger partial charge in [0.2, 0.25) is 5.95 Å². The maximum atomic E-state index is 13.1. The minimum atomic E-state index is -0.116. The molecule has 0 spiro atoms. The van der Waals surface area contributed by atoms with Gasteiger partial charge in [0, 0.05) is 23.6 Å². The molecule has 0 saturated carbocycles. The second-order valence-corrected chi connectivity index (χ2v) is 6.70. The van der Waals surface area contributed by atoms with E-state index in [9.17, 15) is 4.79 Å². The Labute approximate surface area is 164 Å². The largest absolute Gasteiger partial charge is 0.494 e. The highest BCUT2D eigenvalue weighted by Gasteiger charge is 2.31. The Morgan fingerprint density at radius 2 is 1.96 bits per heavy atom. The highest BCUT2D eigenvalue weighted by Crippen LogP contribution is 2.32. The van der Waals surface area contributed by atoms with Gasteiger partial charge in [0.15, 0.2) is 0 Å². The van der Waals surface area contributed by atoms with Gasteiger partial charge in [-0.1, -0.05) is 18.2 Å². The molecule has 6 heteroatoms. The van der Waals surface area contributed by atoms with Crippen LogP contribution in [0.1, 0.15) is 29.9 Å². The zero-order valence-corrected chi connectivity index (χ0v) is 15.9. The maximum Gasteiger partial charge on any atom is 0.277 e. The molecule has 0 aliphatic carbocycles. The quantitative estimate of drug-likeness (QED) is 0.725. The Kier molecular flexibility index (Phi) is 4.93. The number of hydrogen-bond donors (Lipinski definition) is 1. The summed E-state index contributed by atoms with van der Waals surface area (Å²) < 4.78 is 5.45. The molecule has 142 valence electrons. The molecule has 3 aromatic rings. The van der Waals surface area contributed by atoms with Crippen molar-refractivity contribution < 1.29 is 9.53 Å². The number of aromatic nitrogens is 2. The van der Waals surface area contributed by atoms with E-state index in [2.05, 4.69) is 28.3 Å². The van der Waals surface area contributed by atoms with E-state index in [0.29, 0.717) is 18.2 Å². The van der Waals surface area contributed by atoms with Gasteiger partial charge in [-0.2, -0.15) is 0 Å². The standard InChI is InChI=1S/C22H22N4O2/c1-3-28-18-10-8-17(9-11-18)24-22-23-13-12-19(25-22)21(27)26-15(2)14-16-6-4-5-7-20(16)26/h4-13,15H,3,14H2,1-2H3,(H,23,24,25). The molecule has 0 bridgehead atoms. The SMILES string of the molecule is CCOc1ccc(Nc2nccc(C(=O)N3c4ccccc4CC3C)n2)cc1. The van der Waals surface area contributed by atoms with Crippen molar-refractivity contribution in [2.24, 2.45) is 0 Å². The van der Waals surface area contributed by atoms with E-state index in [1.165, 1.54) is 5.56 Å². The van der Waals surface area contributed by atoms with Gasteiger partial charge in [-0.3, -0.25) is 4.79 Å². The number of hydrogen-bond acceptors (Lipinski definition) is 5. The van der Waals surface area contributed by atoms with Crippen LogP contribution in [-0.4, -0.2) is 28.5 Å². The van der Waals surface area contributed by atoms with Crippen LogP contribution in [0.4, 0.5) is 17.3 Å². The predicted octanol–water partition coefficient (Wildman–Crippen LogP) is 4.21. The average Bonchev–Trinajstić information content (AvgIpc) is 3.05. The van der Waals surface area contributed by atoms with E-state index >= 15 is 0 Å². The van der Waals surface area contributed by atoms with Gasteiger partial charge in [-0.25, -0.2) is 9.97 Å². The highest BCUT2D eigenvalue weighted by atomic mass is 16.5. The summed E-state index contributed by atoms with van der Waals surface area (Å²) in [5, 5.41) is 3.14. The van der Waals surface area contributed by atoms with Gasteiger partial charge in [-0.05, 0) is 62.2 Å². The van der Waals surface area contributed by atoms with Gasteiger partial charge in [0.25, 0.3) is 5.91 Å². The molecule has 6 nitrogen and oxygen atoms in total. The van der Waals surface area contributed by atoms with Gasteiger partial charge in [-0.15, -0.1) is 0 Å². The zero-order valence-electron chi connectivity index (χ0n) is 15.9. The van der Waals surface area contributed by atoms with Crippen LogP contribution in [0.5, 0.6) is 5.75 Å². The number of fused-ring (bicyclic) bond motifs is 1. The monoisotopic (exact) mass is 374 g/mol. The molecule has 28 heavy (non-hydrogen) atoms. The normalized spacial score (nSPS) is 15.2. The van der Waals surface area contributed by atoms with Crippen LogP contribution in [0, 0.1) is 0 Å². The molecule has 4 rings (SSSR count). The number of rotatable bonds is 5. The smallest absolute Gasteiger partial charge is 0.277 e. The minimum absolute atomic E-state index is 0.0994. The Balaban J connectivity index is 1.54. The lowest BCUT2D eigenvalue weighted by atomic mass is 10.1. The summed E-state index contributed by atoms with van der Waals surface area (Å²) in [7, 11) is 0. The third kappa shape index (κ3) is 3.53. The van der Waals surface area contributed by atoms with Crippen molar-refractivity contribution in [3.63, 3.8) is 0 Å². The van der Waals surface area contributed by atoms with Crippen LogP contribution in [0.15, 0.2) is 60.8 Å². The second-order valence-electron chi connectivity index (χ2n) is 6.70. The summed E-state index contributed by atoms with van der Waals surface area (Å²) in [4.78, 5) is 23.6. The fourth-order valence-electron chi connectivity index (χ4n) is 3.47. The number of ether oxygens (including phenoxy) is 1. The number of anilines is 3. The molecular formula is C22H22N4O2. The number of amides is 1. The van der Waals surface area contributed by atoms with Crippen LogP contribution in [0.3, 0.4) is 0 Å². The summed E-state index contributed by atoms with van der Waals surface area (Å²) in [6.45, 7) is 4.62. The van der Waals surface area contributed by atoms with Crippen molar-refractivity contribution in [1.82, 2.24) is 9.97 Å². The molecule has 0 saturated heterocycles. The van der Waals surface area contributed by atoms with Crippen LogP contribution in [0.25, 0.3) is 0 Å². The Hall–Kier alpha value is -3.41. The molecule has 1 atom stereocenters. The third-order valence-electron chi connectivity index (χ3n) is 4.72. The topological polar surface area (TPSA) is 67.3 Å². The first-order valence-corrected chi connectivity index (χ1v) is 9.40. The molecule has 0 fully saturated rings. The summed E-state index contributed by atoms with van der Waals surface area (Å²) in [6.07, 6.45) is 2.45.